The van der Waals surface area contributed by atoms with Crippen molar-refractivity contribution < 1.29 is 23.9 Å². The molecule has 0 saturated carbocycles. The van der Waals surface area contributed by atoms with E-state index in [-0.39, 0.29) is 27.3 Å². The summed E-state index contributed by atoms with van der Waals surface area (Å²) in [6, 6.07) is 18.6. The van der Waals surface area contributed by atoms with Gasteiger partial charge in [0, 0.05) is 17.8 Å². The van der Waals surface area contributed by atoms with Gasteiger partial charge in [-0.15, -0.1) is 0 Å². The molecule has 1 aliphatic rings. The second-order valence-electron chi connectivity index (χ2n) is 7.99. The summed E-state index contributed by atoms with van der Waals surface area (Å²) in [4.78, 5) is 39.4. The summed E-state index contributed by atoms with van der Waals surface area (Å²) in [6.07, 6.45) is 0.584. The number of ether oxygens (including phenoxy) is 2. The largest absolute Gasteiger partial charge is 0.493 e. The minimum absolute atomic E-state index is 0.0994. The van der Waals surface area contributed by atoms with E-state index in [4.69, 9.17) is 32.7 Å². The van der Waals surface area contributed by atoms with E-state index in [2.05, 4.69) is 10.6 Å². The van der Waals surface area contributed by atoms with Crippen LogP contribution in [0.1, 0.15) is 15.9 Å². The Morgan fingerprint density at radius 3 is 2.38 bits per heavy atom. The lowest BCUT2D eigenvalue weighted by Gasteiger charge is -2.16. The number of carbonyl (C=O) groups excluding carboxylic acids is 3. The first-order chi connectivity index (χ1) is 17.8. The number of hydrogen-bond acceptors (Lipinski definition) is 6. The molecule has 1 heterocycles. The van der Waals surface area contributed by atoms with Crippen LogP contribution in [0.15, 0.2) is 77.5 Å². The molecule has 0 aromatic heterocycles. The van der Waals surface area contributed by atoms with Crippen LogP contribution >= 0.6 is 23.2 Å². The summed E-state index contributed by atoms with van der Waals surface area (Å²) in [7, 11) is 3.14. The highest BCUT2D eigenvalue weighted by atomic mass is 35.5. The van der Waals surface area contributed by atoms with Crippen molar-refractivity contribution in [3.8, 4) is 11.5 Å². The zero-order valence-electron chi connectivity index (χ0n) is 20.0. The number of imide groups is 1. The molecule has 0 unspecified atom stereocenters. The molecular weight excluding hydrogens is 517 g/mol. The molecule has 4 rings (SSSR count). The Hall–Kier alpha value is -4.01. The van der Waals surface area contributed by atoms with E-state index in [1.165, 1.54) is 0 Å². The van der Waals surface area contributed by atoms with Gasteiger partial charge in [-0.2, -0.15) is 0 Å². The maximum absolute atomic E-state index is 13.0. The molecule has 8 nitrogen and oxygen atoms in total. The fourth-order valence-corrected chi connectivity index (χ4v) is 4.24. The predicted octanol–water partition coefficient (Wildman–Crippen LogP) is 4.77. The van der Waals surface area contributed by atoms with Crippen molar-refractivity contribution >= 4 is 52.3 Å². The molecule has 0 radical (unpaired) electrons. The van der Waals surface area contributed by atoms with E-state index in [9.17, 15) is 14.4 Å². The van der Waals surface area contributed by atoms with Crippen molar-refractivity contribution in [2.24, 2.45) is 0 Å². The third kappa shape index (κ3) is 5.55. The van der Waals surface area contributed by atoms with Crippen LogP contribution in [0.25, 0.3) is 0 Å². The molecule has 37 heavy (non-hydrogen) atoms. The van der Waals surface area contributed by atoms with E-state index in [0.29, 0.717) is 35.7 Å². The normalized spacial score (nSPS) is 13.1. The summed E-state index contributed by atoms with van der Waals surface area (Å²) in [5.41, 5.74) is 1.90. The van der Waals surface area contributed by atoms with Gasteiger partial charge >= 0.3 is 0 Å². The topological polar surface area (TPSA) is 97.0 Å². The van der Waals surface area contributed by atoms with Gasteiger partial charge in [0.05, 0.1) is 24.9 Å². The van der Waals surface area contributed by atoms with Crippen LogP contribution in [-0.2, 0) is 16.0 Å². The Kier molecular flexibility index (Phi) is 8.01. The number of amides is 3. The number of rotatable bonds is 9. The molecular formula is C27H23Cl2N3O5. The second-order valence-corrected chi connectivity index (χ2v) is 8.77. The molecule has 0 spiro atoms. The van der Waals surface area contributed by atoms with E-state index in [0.717, 1.165) is 10.5 Å². The van der Waals surface area contributed by atoms with Gasteiger partial charge in [-0.05, 0) is 54.4 Å². The van der Waals surface area contributed by atoms with Crippen LogP contribution in [-0.4, -0.2) is 38.5 Å². The average molecular weight is 540 g/mol. The summed E-state index contributed by atoms with van der Waals surface area (Å²) < 4.78 is 10.6. The van der Waals surface area contributed by atoms with Crippen LogP contribution in [0, 0.1) is 0 Å². The highest BCUT2D eigenvalue weighted by Crippen LogP contribution is 2.34. The predicted molar refractivity (Wildman–Crippen MR) is 142 cm³/mol. The van der Waals surface area contributed by atoms with Crippen LogP contribution in [0.5, 0.6) is 11.5 Å². The Bertz CT molecular complexity index is 1410. The van der Waals surface area contributed by atoms with E-state index in [1.807, 2.05) is 18.2 Å². The van der Waals surface area contributed by atoms with Crippen LogP contribution in [0.2, 0.25) is 5.02 Å². The number of anilines is 2. The number of carbonyl (C=O) groups is 3. The Labute approximate surface area is 223 Å². The van der Waals surface area contributed by atoms with Crippen molar-refractivity contribution in [3.05, 3.63) is 93.6 Å². The molecule has 2 N–H and O–H groups in total. The van der Waals surface area contributed by atoms with E-state index >= 15 is 0 Å². The first-order valence-corrected chi connectivity index (χ1v) is 12.0. The lowest BCUT2D eigenvalue weighted by Crippen LogP contribution is -2.32. The minimum Gasteiger partial charge on any atom is -0.493 e. The van der Waals surface area contributed by atoms with Crippen molar-refractivity contribution in [2.75, 3.05) is 31.0 Å². The highest BCUT2D eigenvalue weighted by molar-refractivity contribution is 6.53. The molecule has 10 heteroatoms. The molecule has 0 bridgehead atoms. The van der Waals surface area contributed by atoms with Gasteiger partial charge in [0.2, 0.25) is 0 Å². The molecule has 1 aliphatic heterocycles. The summed E-state index contributed by atoms with van der Waals surface area (Å²) in [5.74, 6) is -0.381. The maximum Gasteiger partial charge on any atom is 0.283 e. The van der Waals surface area contributed by atoms with E-state index < -0.39 is 11.8 Å². The second kappa shape index (κ2) is 11.4. The van der Waals surface area contributed by atoms with Gasteiger partial charge in [-0.1, -0.05) is 47.5 Å². The van der Waals surface area contributed by atoms with E-state index in [1.54, 1.807) is 62.8 Å². The Morgan fingerprint density at radius 1 is 0.892 bits per heavy atom. The highest BCUT2D eigenvalue weighted by Gasteiger charge is 2.39. The number of nitrogens with one attached hydrogen (secondary N) is 2. The molecule has 0 fully saturated rings. The number of nitrogens with zero attached hydrogens (tertiary/aromatic N) is 1. The lowest BCUT2D eigenvalue weighted by atomic mass is 10.1. The minimum atomic E-state index is -0.689. The first kappa shape index (κ1) is 26.1. The van der Waals surface area contributed by atoms with Gasteiger partial charge in [-0.25, -0.2) is 4.90 Å². The molecule has 190 valence electrons. The third-order valence-electron chi connectivity index (χ3n) is 5.66. The van der Waals surface area contributed by atoms with Crippen LogP contribution in [0.4, 0.5) is 11.4 Å². The number of hydrogen-bond donors (Lipinski definition) is 2. The Balaban J connectivity index is 1.42. The molecule has 0 aliphatic carbocycles. The summed E-state index contributed by atoms with van der Waals surface area (Å²) in [6.45, 7) is 0.392. The van der Waals surface area contributed by atoms with Crippen LogP contribution in [0.3, 0.4) is 0 Å². The number of benzene rings is 3. The summed E-state index contributed by atoms with van der Waals surface area (Å²) in [5, 5.41) is 5.72. The SMILES string of the molecule is COc1ccc(CCNC(=O)c2cccc(NC3=C(Cl)C(=O)N(c4ccccc4Cl)C3=O)c2)cc1OC. The van der Waals surface area contributed by atoms with Gasteiger partial charge in [0.25, 0.3) is 17.7 Å². The fourth-order valence-electron chi connectivity index (χ4n) is 3.80. The molecule has 3 amide bonds. The van der Waals surface area contributed by atoms with Gasteiger partial charge in [-0.3, -0.25) is 14.4 Å². The van der Waals surface area contributed by atoms with Crippen molar-refractivity contribution in [3.63, 3.8) is 0 Å². The zero-order chi connectivity index (χ0) is 26.5. The molecule has 3 aromatic carbocycles. The van der Waals surface area contributed by atoms with Gasteiger partial charge in [0.1, 0.15) is 10.7 Å². The molecule has 0 saturated heterocycles. The van der Waals surface area contributed by atoms with Crippen molar-refractivity contribution in [1.82, 2.24) is 5.32 Å². The number of halogens is 2. The van der Waals surface area contributed by atoms with Crippen molar-refractivity contribution in [2.45, 2.75) is 6.42 Å². The van der Waals surface area contributed by atoms with Crippen molar-refractivity contribution in [1.29, 1.82) is 0 Å². The van der Waals surface area contributed by atoms with Gasteiger partial charge < -0.3 is 20.1 Å². The monoisotopic (exact) mass is 539 g/mol. The summed E-state index contributed by atoms with van der Waals surface area (Å²) >= 11 is 12.4. The first-order valence-electron chi connectivity index (χ1n) is 11.2. The molecule has 0 atom stereocenters. The number of methoxy groups -OCH3 is 2. The zero-order valence-corrected chi connectivity index (χ0v) is 21.5. The smallest absolute Gasteiger partial charge is 0.283 e. The lowest BCUT2D eigenvalue weighted by molar-refractivity contribution is -0.120. The maximum atomic E-state index is 13.0. The number of para-hydroxylation sites is 1. The third-order valence-corrected chi connectivity index (χ3v) is 6.33. The van der Waals surface area contributed by atoms with Gasteiger partial charge in [0.15, 0.2) is 11.5 Å². The van der Waals surface area contributed by atoms with Crippen LogP contribution < -0.4 is 25.0 Å². The average Bonchev–Trinajstić information content (AvgIpc) is 3.11. The molecule has 3 aromatic rings. The quantitative estimate of drug-likeness (QED) is 0.380. The Morgan fingerprint density at radius 2 is 1.65 bits per heavy atom. The standard InChI is InChI=1S/C27H23Cl2N3O5/c1-36-21-11-10-16(14-22(21)37-2)12-13-30-25(33)17-6-5-7-18(15-17)31-24-23(29)26(34)32(27(24)35)20-9-4-3-8-19(20)28/h3-11,14-15,31H,12-13H2,1-2H3,(H,30,33). The fraction of sp³-hybridized carbons (Fsp3) is 0.148.